The van der Waals surface area contributed by atoms with E-state index >= 15 is 0 Å². The molecule has 2 aromatic rings. The van der Waals surface area contributed by atoms with E-state index in [0.29, 0.717) is 22.2 Å². The number of nitrogens with one attached hydrogen (secondary N) is 2. The van der Waals surface area contributed by atoms with E-state index in [1.54, 1.807) is 19.1 Å². The minimum absolute atomic E-state index is 0.0187. The van der Waals surface area contributed by atoms with E-state index in [9.17, 15) is 14.7 Å². The van der Waals surface area contributed by atoms with Gasteiger partial charge in [-0.15, -0.1) is 0 Å². The molecule has 1 amide bonds. The largest absolute Gasteiger partial charge is 0.507 e. The smallest absolute Gasteiger partial charge is 0.305 e. The number of aliphatic carboxylic acids is 1. The molecule has 19 heavy (non-hydrogen) atoms. The van der Waals surface area contributed by atoms with Crippen LogP contribution in [0.5, 0.6) is 5.75 Å². The van der Waals surface area contributed by atoms with Gasteiger partial charge in [0.2, 0.25) is 0 Å². The molecule has 6 nitrogen and oxygen atoms in total. The Balaban J connectivity index is 2.31. The maximum atomic E-state index is 12.0. The molecule has 0 radical (unpaired) electrons. The fourth-order valence-corrected chi connectivity index (χ4v) is 2.01. The summed E-state index contributed by atoms with van der Waals surface area (Å²) in [5.74, 6) is -1.35. The lowest BCUT2D eigenvalue weighted by Gasteiger charge is -2.04. The van der Waals surface area contributed by atoms with Gasteiger partial charge in [-0.25, -0.2) is 0 Å². The molecule has 1 aromatic heterocycles. The van der Waals surface area contributed by atoms with Gasteiger partial charge in [-0.2, -0.15) is 0 Å². The van der Waals surface area contributed by atoms with Crippen LogP contribution in [0.2, 0.25) is 0 Å². The third-order valence-corrected chi connectivity index (χ3v) is 2.84. The molecule has 100 valence electrons. The molecule has 2 rings (SSSR count). The van der Waals surface area contributed by atoms with Crippen molar-refractivity contribution in [3.8, 4) is 5.75 Å². The number of fused-ring (bicyclic) bond motifs is 1. The Kier molecular flexibility index (Phi) is 3.41. The molecule has 0 saturated heterocycles. The Labute approximate surface area is 109 Å². The molecule has 1 aromatic carbocycles. The first kappa shape index (κ1) is 12.9. The number of H-pyrrole nitrogens is 1. The van der Waals surface area contributed by atoms with Crippen LogP contribution in [0.4, 0.5) is 0 Å². The number of hydrogen-bond donors (Lipinski definition) is 4. The number of aromatic amines is 1. The van der Waals surface area contributed by atoms with E-state index in [-0.39, 0.29) is 18.7 Å². The second kappa shape index (κ2) is 5.01. The van der Waals surface area contributed by atoms with Crippen molar-refractivity contribution in [1.29, 1.82) is 0 Å². The zero-order valence-corrected chi connectivity index (χ0v) is 10.4. The zero-order valence-electron chi connectivity index (χ0n) is 10.4. The van der Waals surface area contributed by atoms with Crippen molar-refractivity contribution in [3.63, 3.8) is 0 Å². The fourth-order valence-electron chi connectivity index (χ4n) is 2.01. The summed E-state index contributed by atoms with van der Waals surface area (Å²) in [6.45, 7) is 1.78. The van der Waals surface area contributed by atoms with E-state index < -0.39 is 11.9 Å². The van der Waals surface area contributed by atoms with Crippen LogP contribution in [0.25, 0.3) is 10.9 Å². The normalized spacial score (nSPS) is 10.6. The number of aryl methyl sites for hydroxylation is 1. The lowest BCUT2D eigenvalue weighted by molar-refractivity contribution is -0.136. The Hall–Kier alpha value is -2.50. The number of carboxylic acids is 1. The summed E-state index contributed by atoms with van der Waals surface area (Å²) in [6.07, 6.45) is -0.140. The number of carbonyl (C=O) groups excluding carboxylic acids is 1. The number of carbonyl (C=O) groups is 2. The highest BCUT2D eigenvalue weighted by Crippen LogP contribution is 2.29. The lowest BCUT2D eigenvalue weighted by Crippen LogP contribution is -2.26. The molecule has 0 aliphatic heterocycles. The minimum Gasteiger partial charge on any atom is -0.507 e. The predicted octanol–water partition coefficient (Wildman–Crippen LogP) is 1.39. The van der Waals surface area contributed by atoms with Crippen molar-refractivity contribution >= 4 is 22.8 Å². The Morgan fingerprint density at radius 2 is 2.11 bits per heavy atom. The summed E-state index contributed by atoms with van der Waals surface area (Å²) in [4.78, 5) is 25.5. The average molecular weight is 262 g/mol. The summed E-state index contributed by atoms with van der Waals surface area (Å²) in [5.41, 5.74) is 1.64. The fraction of sp³-hybridized carbons (Fsp3) is 0.231. The van der Waals surface area contributed by atoms with E-state index in [4.69, 9.17) is 5.11 Å². The molecular formula is C13H14N2O4. The molecule has 0 saturated carbocycles. The van der Waals surface area contributed by atoms with Crippen LogP contribution in [-0.4, -0.2) is 33.6 Å². The van der Waals surface area contributed by atoms with Gasteiger partial charge in [-0.1, -0.05) is 6.07 Å². The number of carboxylic acid groups (broad SMARTS) is 1. The van der Waals surface area contributed by atoms with Gasteiger partial charge in [0, 0.05) is 12.2 Å². The van der Waals surface area contributed by atoms with Gasteiger partial charge in [0.05, 0.1) is 22.9 Å². The molecule has 0 aliphatic rings. The quantitative estimate of drug-likeness (QED) is 0.668. The number of hydrogen-bond acceptors (Lipinski definition) is 3. The van der Waals surface area contributed by atoms with Crippen molar-refractivity contribution in [1.82, 2.24) is 10.3 Å². The first-order valence-corrected chi connectivity index (χ1v) is 5.81. The third kappa shape index (κ3) is 2.52. The number of phenols is 1. The number of aromatic hydroxyl groups is 1. The van der Waals surface area contributed by atoms with Crippen LogP contribution in [0.15, 0.2) is 18.2 Å². The summed E-state index contributed by atoms with van der Waals surface area (Å²) < 4.78 is 0. The molecular weight excluding hydrogens is 248 g/mol. The number of amides is 1. The second-order valence-corrected chi connectivity index (χ2v) is 4.22. The average Bonchev–Trinajstić information content (AvgIpc) is 2.66. The van der Waals surface area contributed by atoms with E-state index in [1.807, 2.05) is 0 Å². The Morgan fingerprint density at radius 1 is 1.37 bits per heavy atom. The highest BCUT2D eigenvalue weighted by atomic mass is 16.4. The van der Waals surface area contributed by atoms with Crippen molar-refractivity contribution in [3.05, 3.63) is 29.5 Å². The van der Waals surface area contributed by atoms with Gasteiger partial charge >= 0.3 is 5.97 Å². The van der Waals surface area contributed by atoms with Crippen molar-refractivity contribution in [2.75, 3.05) is 6.54 Å². The zero-order chi connectivity index (χ0) is 14.0. The van der Waals surface area contributed by atoms with Crippen LogP contribution in [0, 0.1) is 6.92 Å². The van der Waals surface area contributed by atoms with Crippen LogP contribution in [0.3, 0.4) is 0 Å². The molecule has 4 N–H and O–H groups in total. The van der Waals surface area contributed by atoms with E-state index in [2.05, 4.69) is 10.3 Å². The SMILES string of the molecule is Cc1[nH]c2cccc(O)c2c1C(=O)NCCC(=O)O. The van der Waals surface area contributed by atoms with Crippen molar-refractivity contribution < 1.29 is 19.8 Å². The molecule has 0 atom stereocenters. The summed E-state index contributed by atoms with van der Waals surface area (Å²) >= 11 is 0. The molecule has 6 heteroatoms. The standard InChI is InChI=1S/C13H14N2O4/c1-7-11(13(19)14-6-5-10(17)18)12-8(15-7)3-2-4-9(12)16/h2-4,15-16H,5-6H2,1H3,(H,14,19)(H,17,18). The molecule has 1 heterocycles. The predicted molar refractivity (Wildman–Crippen MR) is 69.3 cm³/mol. The van der Waals surface area contributed by atoms with Gasteiger partial charge < -0.3 is 20.5 Å². The van der Waals surface area contributed by atoms with Crippen LogP contribution >= 0.6 is 0 Å². The van der Waals surface area contributed by atoms with Crippen LogP contribution < -0.4 is 5.32 Å². The minimum atomic E-state index is -0.973. The lowest BCUT2D eigenvalue weighted by atomic mass is 10.1. The van der Waals surface area contributed by atoms with Crippen LogP contribution in [0.1, 0.15) is 22.5 Å². The molecule has 0 bridgehead atoms. The number of aromatic nitrogens is 1. The monoisotopic (exact) mass is 262 g/mol. The molecule has 0 unspecified atom stereocenters. The highest BCUT2D eigenvalue weighted by Gasteiger charge is 2.18. The topological polar surface area (TPSA) is 102 Å². The van der Waals surface area contributed by atoms with E-state index in [0.717, 1.165) is 0 Å². The van der Waals surface area contributed by atoms with Gasteiger partial charge in [0.25, 0.3) is 5.91 Å². The maximum absolute atomic E-state index is 12.0. The van der Waals surface area contributed by atoms with E-state index in [1.165, 1.54) is 6.07 Å². The Bertz CT molecular complexity index is 645. The van der Waals surface area contributed by atoms with Gasteiger partial charge in [0.1, 0.15) is 5.75 Å². The summed E-state index contributed by atoms with van der Waals surface area (Å²) in [5, 5.41) is 21.3. The summed E-state index contributed by atoms with van der Waals surface area (Å²) in [7, 11) is 0. The first-order chi connectivity index (χ1) is 9.00. The summed E-state index contributed by atoms with van der Waals surface area (Å²) in [6, 6.07) is 4.94. The third-order valence-electron chi connectivity index (χ3n) is 2.84. The number of rotatable bonds is 4. The van der Waals surface area contributed by atoms with Crippen LogP contribution in [-0.2, 0) is 4.79 Å². The molecule has 0 spiro atoms. The maximum Gasteiger partial charge on any atom is 0.305 e. The second-order valence-electron chi connectivity index (χ2n) is 4.22. The van der Waals surface area contributed by atoms with Gasteiger partial charge in [0.15, 0.2) is 0 Å². The molecule has 0 aliphatic carbocycles. The van der Waals surface area contributed by atoms with Crippen molar-refractivity contribution in [2.24, 2.45) is 0 Å². The first-order valence-electron chi connectivity index (χ1n) is 5.81. The van der Waals surface area contributed by atoms with Gasteiger partial charge in [-0.05, 0) is 19.1 Å². The number of phenolic OH excluding ortho intramolecular Hbond substituents is 1. The number of benzene rings is 1. The Morgan fingerprint density at radius 3 is 2.79 bits per heavy atom. The van der Waals surface area contributed by atoms with Crippen molar-refractivity contribution in [2.45, 2.75) is 13.3 Å². The highest BCUT2D eigenvalue weighted by molar-refractivity contribution is 6.10. The van der Waals surface area contributed by atoms with Gasteiger partial charge in [-0.3, -0.25) is 9.59 Å². The molecule has 0 fully saturated rings.